The molecule has 0 fully saturated rings. The summed E-state index contributed by atoms with van der Waals surface area (Å²) >= 11 is 36.2. The molecule has 0 bridgehead atoms. The van der Waals surface area contributed by atoms with Gasteiger partial charge in [0.1, 0.15) is 17.8 Å². The summed E-state index contributed by atoms with van der Waals surface area (Å²) in [5, 5.41) is 22.0. The second-order valence-electron chi connectivity index (χ2n) is 16.0. The van der Waals surface area contributed by atoms with E-state index in [-0.39, 0.29) is 5.69 Å². The maximum absolute atomic E-state index is 10.7. The maximum atomic E-state index is 10.7. The smallest absolute Gasteiger partial charge is 0.287 e. The Morgan fingerprint density at radius 2 is 0.847 bits per heavy atom. The van der Waals surface area contributed by atoms with Crippen LogP contribution in [-0.2, 0) is 0 Å². The first-order valence-electron chi connectivity index (χ1n) is 22.2. The van der Waals surface area contributed by atoms with E-state index in [1.54, 1.807) is 24.7 Å². The van der Waals surface area contributed by atoms with Gasteiger partial charge in [-0.1, -0.05) is 150 Å². The predicted molar refractivity (Wildman–Crippen MR) is 310 cm³/mol. The molecule has 0 saturated carbocycles. The average molecular weight is 1060 g/mol. The van der Waals surface area contributed by atoms with Gasteiger partial charge >= 0.3 is 0 Å². The lowest BCUT2D eigenvalue weighted by molar-refractivity contribution is -0.385. The zero-order chi connectivity index (χ0) is 51.1. The van der Waals surface area contributed by atoms with Crippen molar-refractivity contribution in [2.24, 2.45) is 0 Å². The fraction of sp³-hybridized carbons (Fsp3) is 0.0526. The third-order valence-electron chi connectivity index (χ3n) is 10.9. The molecule has 3 heterocycles. The molecule has 0 amide bonds. The number of anilines is 6. The first-order valence-corrected chi connectivity index (χ1v) is 24.5. The number of halogens is 3. The van der Waals surface area contributed by atoms with Gasteiger partial charge in [-0.05, 0) is 139 Å². The average Bonchev–Trinajstić information content (AvgIpc) is 3.38. The van der Waals surface area contributed by atoms with E-state index in [0.717, 1.165) is 82.7 Å². The minimum atomic E-state index is -0.491. The highest BCUT2D eigenvalue weighted by Crippen LogP contribution is 2.30. The maximum Gasteiger partial charge on any atom is 0.287 e. The van der Waals surface area contributed by atoms with Crippen molar-refractivity contribution in [3.63, 3.8) is 0 Å². The van der Waals surface area contributed by atoms with E-state index < -0.39 is 4.92 Å². The van der Waals surface area contributed by atoms with Crippen LogP contribution >= 0.6 is 71.5 Å². The SMILES string of the molecule is Cc1ccccc1C(=S)c1ccc(Nc2ccc([N+](=O)[O-])cn2)cc1Cl.Cc1ccccc1C(=S)c1ccc(Nc2ccccn2)cc1Cl.Cc1ccccc1C(=S)c1ccc(Nc2ccncc2)cc1Cl. The Balaban J connectivity index is 0.000000159. The van der Waals surface area contributed by atoms with Gasteiger partial charge in [-0.25, -0.2) is 9.97 Å². The Morgan fingerprint density at radius 1 is 0.444 bits per heavy atom. The van der Waals surface area contributed by atoms with Crippen molar-refractivity contribution in [1.82, 2.24) is 15.0 Å². The van der Waals surface area contributed by atoms with Crippen LogP contribution in [0.3, 0.4) is 0 Å². The van der Waals surface area contributed by atoms with Crippen LogP contribution in [0.2, 0.25) is 15.1 Å². The highest BCUT2D eigenvalue weighted by atomic mass is 35.5. The first-order chi connectivity index (χ1) is 34.7. The molecule has 0 aliphatic rings. The topological polar surface area (TPSA) is 118 Å². The molecule has 6 aromatic carbocycles. The van der Waals surface area contributed by atoms with E-state index in [9.17, 15) is 10.1 Å². The highest BCUT2D eigenvalue weighted by molar-refractivity contribution is 7.81. The van der Waals surface area contributed by atoms with Crippen molar-refractivity contribution < 1.29 is 4.92 Å². The normalized spacial score (nSPS) is 10.4. The van der Waals surface area contributed by atoms with Gasteiger partial charge in [-0.3, -0.25) is 15.1 Å². The molecule has 0 aliphatic heterocycles. The molecular weight excluding hydrogens is 1020 g/mol. The minimum absolute atomic E-state index is 0.0625. The van der Waals surface area contributed by atoms with Crippen LogP contribution in [0, 0.1) is 30.9 Å². The number of nitro groups is 1. The number of nitrogens with zero attached hydrogens (tertiary/aromatic N) is 4. The van der Waals surface area contributed by atoms with Gasteiger partial charge in [-0.15, -0.1) is 0 Å². The van der Waals surface area contributed by atoms with E-state index in [0.29, 0.717) is 31.4 Å². The zero-order valence-electron chi connectivity index (χ0n) is 38.9. The van der Waals surface area contributed by atoms with E-state index in [4.69, 9.17) is 71.5 Å². The van der Waals surface area contributed by atoms with Crippen LogP contribution in [0.15, 0.2) is 195 Å². The summed E-state index contributed by atoms with van der Waals surface area (Å²) in [6, 6.07) is 53.5. The van der Waals surface area contributed by atoms with Crippen LogP contribution < -0.4 is 16.0 Å². The molecule has 0 atom stereocenters. The van der Waals surface area contributed by atoms with Crippen LogP contribution in [0.1, 0.15) is 50.1 Å². The van der Waals surface area contributed by atoms with Crippen molar-refractivity contribution in [2.75, 3.05) is 16.0 Å². The van der Waals surface area contributed by atoms with Crippen molar-refractivity contribution in [2.45, 2.75) is 20.8 Å². The Kier molecular flexibility index (Phi) is 18.4. The van der Waals surface area contributed by atoms with Crippen LogP contribution in [-0.4, -0.2) is 34.5 Å². The third-order valence-corrected chi connectivity index (χ3v) is 13.2. The molecule has 9 aromatic rings. The number of pyridine rings is 3. The highest BCUT2D eigenvalue weighted by Gasteiger charge is 2.15. The van der Waals surface area contributed by atoms with Gasteiger partial charge in [0, 0.05) is 64.1 Å². The molecule has 0 aliphatic carbocycles. The van der Waals surface area contributed by atoms with Crippen molar-refractivity contribution in [3.05, 3.63) is 270 Å². The molecule has 9 nitrogen and oxygen atoms in total. The van der Waals surface area contributed by atoms with Crippen LogP contribution in [0.4, 0.5) is 40.1 Å². The Labute approximate surface area is 449 Å². The summed E-state index contributed by atoms with van der Waals surface area (Å²) in [6.45, 7) is 6.10. The second-order valence-corrected chi connectivity index (χ2v) is 18.4. The van der Waals surface area contributed by atoms with E-state index in [1.165, 1.54) is 18.3 Å². The lowest BCUT2D eigenvalue weighted by Gasteiger charge is -2.12. The summed E-state index contributed by atoms with van der Waals surface area (Å²) in [7, 11) is 0. The number of hydrogen-bond acceptors (Lipinski definition) is 11. The second kappa shape index (κ2) is 25.2. The number of rotatable bonds is 13. The number of aryl methyl sites for hydroxylation is 3. The lowest BCUT2D eigenvalue weighted by atomic mass is 10.00. The van der Waals surface area contributed by atoms with E-state index in [1.807, 2.05) is 159 Å². The Hall–Kier alpha value is -7.29. The first kappa shape index (κ1) is 52.5. The number of nitrogens with one attached hydrogen (secondary N) is 3. The lowest BCUT2D eigenvalue weighted by Crippen LogP contribution is -2.03. The Morgan fingerprint density at radius 3 is 1.21 bits per heavy atom. The molecular formula is C57H44Cl3N7O2S3. The molecule has 9 rings (SSSR count). The fourth-order valence-corrected chi connectivity index (χ4v) is 9.37. The zero-order valence-corrected chi connectivity index (χ0v) is 43.7. The molecule has 0 radical (unpaired) electrons. The van der Waals surface area contributed by atoms with Crippen molar-refractivity contribution >= 4 is 126 Å². The quantitative estimate of drug-likeness (QED) is 0.0443. The molecule has 3 aromatic heterocycles. The predicted octanol–water partition coefficient (Wildman–Crippen LogP) is 16.6. The molecule has 358 valence electrons. The summed E-state index contributed by atoms with van der Waals surface area (Å²) in [5.41, 5.74) is 12.4. The third kappa shape index (κ3) is 14.0. The molecule has 0 spiro atoms. The summed E-state index contributed by atoms with van der Waals surface area (Å²) < 4.78 is 0. The molecule has 0 saturated heterocycles. The van der Waals surface area contributed by atoms with Gasteiger partial charge in [0.2, 0.25) is 0 Å². The van der Waals surface area contributed by atoms with Gasteiger partial charge in [0.25, 0.3) is 5.69 Å². The van der Waals surface area contributed by atoms with Crippen molar-refractivity contribution in [1.29, 1.82) is 0 Å². The molecule has 15 heteroatoms. The number of aromatic nitrogens is 3. The fourth-order valence-electron chi connectivity index (χ4n) is 7.15. The van der Waals surface area contributed by atoms with Crippen LogP contribution in [0.5, 0.6) is 0 Å². The summed E-state index contributed by atoms with van der Waals surface area (Å²) in [6.07, 6.45) is 6.43. The van der Waals surface area contributed by atoms with E-state index >= 15 is 0 Å². The van der Waals surface area contributed by atoms with Gasteiger partial charge < -0.3 is 16.0 Å². The van der Waals surface area contributed by atoms with E-state index in [2.05, 4.69) is 43.9 Å². The molecule has 72 heavy (non-hydrogen) atoms. The van der Waals surface area contributed by atoms with Gasteiger partial charge in [0.15, 0.2) is 0 Å². The van der Waals surface area contributed by atoms with Gasteiger partial charge in [0.05, 0.1) is 34.6 Å². The molecule has 3 N–H and O–H groups in total. The van der Waals surface area contributed by atoms with Gasteiger partial charge in [-0.2, -0.15) is 0 Å². The summed E-state index contributed by atoms with van der Waals surface area (Å²) in [5.74, 6) is 1.26. The monoisotopic (exact) mass is 1060 g/mol. The Bertz CT molecular complexity index is 3260. The summed E-state index contributed by atoms with van der Waals surface area (Å²) in [4.78, 5) is 24.7. The molecule has 0 unspecified atom stereocenters. The van der Waals surface area contributed by atoms with Crippen molar-refractivity contribution in [3.8, 4) is 0 Å². The number of hydrogen-bond donors (Lipinski definition) is 3. The standard InChI is InChI=1S/C19H14ClN3O2S.2C19H15ClN2S/c1-12-4-2-3-5-15(12)19(26)16-8-6-13(10-17(16)20)22-18-9-7-14(11-21-18)23(24)25;1-13-6-2-3-7-15(13)19(23)16-10-9-14(12-17(16)20)22-18-8-4-5-11-21-18;1-13-4-2-3-5-16(13)19(23)17-7-6-15(12-18(17)20)22-14-8-10-21-11-9-14/h2-11H,1H3,(H,21,22);2*2-12H,1H3,(H,21,22). The van der Waals surface area contributed by atoms with Crippen LogP contribution in [0.25, 0.3) is 0 Å². The number of benzene rings is 6. The minimum Gasteiger partial charge on any atom is -0.355 e. The number of thiocarbonyl (C=S) groups is 3. The largest absolute Gasteiger partial charge is 0.355 e.